The van der Waals surface area contributed by atoms with Crippen molar-refractivity contribution in [3.63, 3.8) is 0 Å². The number of carbonyl (C=O) groups is 1. The third kappa shape index (κ3) is 4.58. The predicted molar refractivity (Wildman–Crippen MR) is 54.9 cm³/mol. The zero-order valence-electron chi connectivity index (χ0n) is 8.79. The van der Waals surface area contributed by atoms with Crippen molar-refractivity contribution >= 4 is 5.91 Å². The molecule has 0 radical (unpaired) electrons. The molecule has 0 aromatic carbocycles. The Bertz CT molecular complexity index is 179. The van der Waals surface area contributed by atoms with E-state index in [4.69, 9.17) is 10.5 Å². The molecule has 2 atom stereocenters. The van der Waals surface area contributed by atoms with Crippen LogP contribution < -0.4 is 11.1 Å². The molecular formula is C10H20N2O2. The lowest BCUT2D eigenvalue weighted by Gasteiger charge is -2.14. The van der Waals surface area contributed by atoms with Gasteiger partial charge in [-0.05, 0) is 32.7 Å². The quantitative estimate of drug-likeness (QED) is 0.652. The fourth-order valence-corrected chi connectivity index (χ4v) is 1.74. The van der Waals surface area contributed by atoms with Gasteiger partial charge in [0.05, 0.1) is 6.10 Å². The SMILES string of the molecule is CC(CC(N)=O)NCCC1CCCO1. The summed E-state index contributed by atoms with van der Waals surface area (Å²) in [5.41, 5.74) is 5.08. The summed E-state index contributed by atoms with van der Waals surface area (Å²) >= 11 is 0. The summed E-state index contributed by atoms with van der Waals surface area (Å²) < 4.78 is 5.48. The molecule has 1 heterocycles. The third-order valence-corrected chi connectivity index (χ3v) is 2.49. The van der Waals surface area contributed by atoms with Crippen molar-refractivity contribution in [2.75, 3.05) is 13.2 Å². The van der Waals surface area contributed by atoms with Gasteiger partial charge in [0.1, 0.15) is 0 Å². The van der Waals surface area contributed by atoms with E-state index in [1.165, 1.54) is 12.8 Å². The smallest absolute Gasteiger partial charge is 0.218 e. The zero-order valence-corrected chi connectivity index (χ0v) is 8.79. The van der Waals surface area contributed by atoms with Gasteiger partial charge in [0.15, 0.2) is 0 Å². The molecule has 4 nitrogen and oxygen atoms in total. The summed E-state index contributed by atoms with van der Waals surface area (Å²) in [6.45, 7) is 3.78. The summed E-state index contributed by atoms with van der Waals surface area (Å²) in [7, 11) is 0. The molecule has 2 unspecified atom stereocenters. The minimum Gasteiger partial charge on any atom is -0.378 e. The molecule has 1 saturated heterocycles. The summed E-state index contributed by atoms with van der Waals surface area (Å²) in [5.74, 6) is -0.248. The maximum Gasteiger partial charge on any atom is 0.218 e. The number of rotatable bonds is 6. The fourth-order valence-electron chi connectivity index (χ4n) is 1.74. The van der Waals surface area contributed by atoms with Crippen LogP contribution in [-0.2, 0) is 9.53 Å². The van der Waals surface area contributed by atoms with Crippen LogP contribution in [0.1, 0.15) is 32.6 Å². The molecule has 1 aliphatic rings. The number of nitrogens with one attached hydrogen (secondary N) is 1. The molecule has 0 aromatic heterocycles. The van der Waals surface area contributed by atoms with E-state index in [2.05, 4.69) is 5.32 Å². The first-order chi connectivity index (χ1) is 6.68. The average molecular weight is 200 g/mol. The minimum absolute atomic E-state index is 0.175. The number of hydrogen-bond donors (Lipinski definition) is 2. The van der Waals surface area contributed by atoms with Crippen LogP contribution in [-0.4, -0.2) is 31.2 Å². The van der Waals surface area contributed by atoms with Crippen LogP contribution in [0, 0.1) is 0 Å². The van der Waals surface area contributed by atoms with Crippen molar-refractivity contribution in [1.29, 1.82) is 0 Å². The standard InChI is InChI=1S/C10H20N2O2/c1-8(7-10(11)13)12-5-4-9-3-2-6-14-9/h8-9,12H,2-7H2,1H3,(H2,11,13). The molecule has 0 spiro atoms. The van der Waals surface area contributed by atoms with Crippen LogP contribution in [0.15, 0.2) is 0 Å². The van der Waals surface area contributed by atoms with Gasteiger partial charge in [0.25, 0.3) is 0 Å². The number of amides is 1. The highest BCUT2D eigenvalue weighted by Gasteiger charge is 2.15. The van der Waals surface area contributed by atoms with E-state index in [9.17, 15) is 4.79 Å². The van der Waals surface area contributed by atoms with Gasteiger partial charge in [-0.1, -0.05) is 0 Å². The summed E-state index contributed by atoms with van der Waals surface area (Å²) in [5, 5.41) is 3.26. The molecule has 1 rings (SSSR count). The molecular weight excluding hydrogens is 180 g/mol. The zero-order chi connectivity index (χ0) is 10.4. The third-order valence-electron chi connectivity index (χ3n) is 2.49. The van der Waals surface area contributed by atoms with Crippen LogP contribution in [0.2, 0.25) is 0 Å². The Morgan fingerprint density at radius 2 is 2.50 bits per heavy atom. The Morgan fingerprint density at radius 1 is 1.71 bits per heavy atom. The Hall–Kier alpha value is -0.610. The van der Waals surface area contributed by atoms with Crippen LogP contribution >= 0.6 is 0 Å². The van der Waals surface area contributed by atoms with Gasteiger partial charge in [-0.2, -0.15) is 0 Å². The second kappa shape index (κ2) is 5.98. The normalized spacial score (nSPS) is 23.6. The molecule has 82 valence electrons. The summed E-state index contributed by atoms with van der Waals surface area (Å²) in [6, 6.07) is 0.175. The molecule has 0 aliphatic carbocycles. The monoisotopic (exact) mass is 200 g/mol. The molecule has 1 fully saturated rings. The molecule has 0 bridgehead atoms. The maximum absolute atomic E-state index is 10.6. The van der Waals surface area contributed by atoms with Gasteiger partial charge in [0.2, 0.25) is 5.91 Å². The van der Waals surface area contributed by atoms with Gasteiger partial charge >= 0.3 is 0 Å². The second-order valence-electron chi connectivity index (χ2n) is 3.95. The Balaban J connectivity index is 1.99. The Morgan fingerprint density at radius 3 is 3.07 bits per heavy atom. The van der Waals surface area contributed by atoms with Gasteiger partial charge in [0, 0.05) is 19.1 Å². The van der Waals surface area contributed by atoms with E-state index >= 15 is 0 Å². The van der Waals surface area contributed by atoms with E-state index in [1.807, 2.05) is 6.92 Å². The van der Waals surface area contributed by atoms with Gasteiger partial charge < -0.3 is 15.8 Å². The first-order valence-corrected chi connectivity index (χ1v) is 5.32. The molecule has 1 aliphatic heterocycles. The molecule has 0 saturated carbocycles. The Labute approximate surface area is 85.2 Å². The van der Waals surface area contributed by atoms with Crippen molar-refractivity contribution in [2.24, 2.45) is 5.73 Å². The highest BCUT2D eigenvalue weighted by molar-refractivity contribution is 5.74. The molecule has 4 heteroatoms. The van der Waals surface area contributed by atoms with Crippen molar-refractivity contribution in [3.05, 3.63) is 0 Å². The fraction of sp³-hybridized carbons (Fsp3) is 0.900. The second-order valence-corrected chi connectivity index (χ2v) is 3.95. The van der Waals surface area contributed by atoms with Crippen LogP contribution in [0.25, 0.3) is 0 Å². The molecule has 14 heavy (non-hydrogen) atoms. The largest absolute Gasteiger partial charge is 0.378 e. The van der Waals surface area contributed by atoms with E-state index in [1.54, 1.807) is 0 Å². The topological polar surface area (TPSA) is 64.4 Å². The lowest BCUT2D eigenvalue weighted by atomic mass is 10.1. The number of ether oxygens (including phenoxy) is 1. The van der Waals surface area contributed by atoms with Crippen LogP contribution in [0.4, 0.5) is 0 Å². The lowest BCUT2D eigenvalue weighted by Crippen LogP contribution is -2.32. The molecule has 1 amide bonds. The molecule has 3 N–H and O–H groups in total. The number of nitrogens with two attached hydrogens (primary N) is 1. The van der Waals surface area contributed by atoms with Gasteiger partial charge in [-0.3, -0.25) is 4.79 Å². The van der Waals surface area contributed by atoms with E-state index < -0.39 is 0 Å². The van der Waals surface area contributed by atoms with E-state index in [0.717, 1.165) is 19.6 Å². The van der Waals surface area contributed by atoms with Gasteiger partial charge in [-0.15, -0.1) is 0 Å². The summed E-state index contributed by atoms with van der Waals surface area (Å²) in [4.78, 5) is 10.6. The number of hydrogen-bond acceptors (Lipinski definition) is 3. The molecule has 0 aromatic rings. The van der Waals surface area contributed by atoms with E-state index in [0.29, 0.717) is 12.5 Å². The van der Waals surface area contributed by atoms with Crippen LogP contribution in [0.3, 0.4) is 0 Å². The minimum atomic E-state index is -0.248. The average Bonchev–Trinajstić information content (AvgIpc) is 2.55. The summed E-state index contributed by atoms with van der Waals surface area (Å²) in [6.07, 6.45) is 4.21. The first kappa shape index (κ1) is 11.5. The van der Waals surface area contributed by atoms with Gasteiger partial charge in [-0.25, -0.2) is 0 Å². The Kier molecular flexibility index (Phi) is 4.90. The van der Waals surface area contributed by atoms with Crippen LogP contribution in [0.5, 0.6) is 0 Å². The van der Waals surface area contributed by atoms with Crippen molar-refractivity contribution < 1.29 is 9.53 Å². The first-order valence-electron chi connectivity index (χ1n) is 5.32. The number of primary amides is 1. The lowest BCUT2D eigenvalue weighted by molar-refractivity contribution is -0.118. The maximum atomic E-state index is 10.6. The highest BCUT2D eigenvalue weighted by atomic mass is 16.5. The van der Waals surface area contributed by atoms with E-state index in [-0.39, 0.29) is 11.9 Å². The van der Waals surface area contributed by atoms with Crippen molar-refractivity contribution in [1.82, 2.24) is 5.32 Å². The highest BCUT2D eigenvalue weighted by Crippen LogP contribution is 2.14. The van der Waals surface area contributed by atoms with Crippen molar-refractivity contribution in [2.45, 2.75) is 44.8 Å². The number of carbonyl (C=O) groups excluding carboxylic acids is 1. The predicted octanol–water partition coefficient (Wildman–Crippen LogP) is 0.409. The van der Waals surface area contributed by atoms with Crippen molar-refractivity contribution in [3.8, 4) is 0 Å².